The summed E-state index contributed by atoms with van der Waals surface area (Å²) in [5, 5.41) is -0.369. The molecule has 0 heterocycles. The first-order chi connectivity index (χ1) is 8.69. The van der Waals surface area contributed by atoms with Gasteiger partial charge in [0.15, 0.2) is 11.5 Å². The molecular formula is C14H17ClO3. The maximum Gasteiger partial charge on any atom is 0.226 e. The summed E-state index contributed by atoms with van der Waals surface area (Å²) in [6, 6.07) is 5.50. The molecule has 0 bridgehead atoms. The quantitative estimate of drug-likeness (QED) is 0.769. The second-order valence-electron chi connectivity index (χ2n) is 4.54. The van der Waals surface area contributed by atoms with Gasteiger partial charge >= 0.3 is 0 Å². The van der Waals surface area contributed by atoms with Gasteiger partial charge < -0.3 is 9.47 Å². The lowest BCUT2D eigenvalue weighted by Crippen LogP contribution is -2.12. The Bertz CT molecular complexity index is 425. The highest BCUT2D eigenvalue weighted by molar-refractivity contribution is 6.63. The number of ether oxygens (including phenoxy) is 2. The van der Waals surface area contributed by atoms with E-state index in [1.165, 1.54) is 12.8 Å². The van der Waals surface area contributed by atoms with Crippen LogP contribution in [0.3, 0.4) is 0 Å². The highest BCUT2D eigenvalue weighted by Crippen LogP contribution is 2.32. The molecule has 2 rings (SSSR count). The number of carbonyl (C=O) groups excluding carboxylic acids is 1. The van der Waals surface area contributed by atoms with Crippen molar-refractivity contribution in [3.63, 3.8) is 0 Å². The van der Waals surface area contributed by atoms with Crippen LogP contribution in [0, 0.1) is 0 Å². The van der Waals surface area contributed by atoms with E-state index in [1.807, 2.05) is 18.2 Å². The Morgan fingerprint density at radius 3 is 2.67 bits per heavy atom. The van der Waals surface area contributed by atoms with Crippen molar-refractivity contribution in [3.05, 3.63) is 23.8 Å². The molecule has 0 unspecified atom stereocenters. The summed E-state index contributed by atoms with van der Waals surface area (Å²) in [7, 11) is 1.61. The van der Waals surface area contributed by atoms with E-state index in [2.05, 4.69) is 0 Å². The largest absolute Gasteiger partial charge is 0.493 e. The summed E-state index contributed by atoms with van der Waals surface area (Å²) in [6.45, 7) is 0. The Morgan fingerprint density at radius 2 is 2.06 bits per heavy atom. The number of benzene rings is 1. The normalized spacial score (nSPS) is 15.7. The van der Waals surface area contributed by atoms with Crippen LogP contribution in [0.1, 0.15) is 31.2 Å². The summed E-state index contributed by atoms with van der Waals surface area (Å²) in [6.07, 6.45) is 5.08. The topological polar surface area (TPSA) is 35.5 Å². The molecule has 0 N–H and O–H groups in total. The van der Waals surface area contributed by atoms with Gasteiger partial charge in [0, 0.05) is 6.42 Å². The molecule has 0 saturated heterocycles. The fraction of sp³-hybridized carbons (Fsp3) is 0.500. The SMILES string of the molecule is COc1ccc(CC(=O)Cl)cc1OC1CCCC1. The van der Waals surface area contributed by atoms with Crippen LogP contribution in [0.5, 0.6) is 11.5 Å². The molecule has 1 aromatic carbocycles. The second-order valence-corrected chi connectivity index (χ2v) is 4.96. The van der Waals surface area contributed by atoms with Gasteiger partial charge in [-0.15, -0.1) is 0 Å². The molecule has 1 fully saturated rings. The molecule has 0 aromatic heterocycles. The lowest BCUT2D eigenvalue weighted by molar-refractivity contribution is -0.111. The van der Waals surface area contributed by atoms with Crippen molar-refractivity contribution in [2.75, 3.05) is 7.11 Å². The average Bonchev–Trinajstić information content (AvgIpc) is 2.81. The molecule has 0 aliphatic heterocycles. The van der Waals surface area contributed by atoms with Crippen LogP contribution < -0.4 is 9.47 Å². The minimum Gasteiger partial charge on any atom is -0.493 e. The maximum atomic E-state index is 10.9. The third-order valence-electron chi connectivity index (χ3n) is 3.17. The van der Waals surface area contributed by atoms with E-state index in [0.717, 1.165) is 18.4 Å². The van der Waals surface area contributed by atoms with E-state index in [-0.39, 0.29) is 17.8 Å². The van der Waals surface area contributed by atoms with Crippen LogP contribution in [0.4, 0.5) is 0 Å². The highest BCUT2D eigenvalue weighted by atomic mass is 35.5. The molecule has 98 valence electrons. The molecular weight excluding hydrogens is 252 g/mol. The summed E-state index contributed by atoms with van der Waals surface area (Å²) in [5.41, 5.74) is 0.851. The Hall–Kier alpha value is -1.22. The zero-order chi connectivity index (χ0) is 13.0. The van der Waals surface area contributed by atoms with Gasteiger partial charge in [0.2, 0.25) is 5.24 Å². The summed E-state index contributed by atoms with van der Waals surface area (Å²) >= 11 is 5.40. The minimum absolute atomic E-state index is 0.215. The molecule has 1 aliphatic rings. The minimum atomic E-state index is -0.369. The van der Waals surface area contributed by atoms with Crippen molar-refractivity contribution in [3.8, 4) is 11.5 Å². The molecule has 18 heavy (non-hydrogen) atoms. The third-order valence-corrected chi connectivity index (χ3v) is 3.30. The van der Waals surface area contributed by atoms with Crippen LogP contribution in [0.2, 0.25) is 0 Å². The van der Waals surface area contributed by atoms with Gasteiger partial charge in [-0.3, -0.25) is 4.79 Å². The van der Waals surface area contributed by atoms with Crippen LogP contribution in [-0.4, -0.2) is 18.5 Å². The van der Waals surface area contributed by atoms with Crippen LogP contribution in [-0.2, 0) is 11.2 Å². The standard InChI is InChI=1S/C14H17ClO3/c1-17-12-7-6-10(9-14(15)16)8-13(12)18-11-4-2-3-5-11/h6-8,11H,2-5,9H2,1H3. The van der Waals surface area contributed by atoms with E-state index in [1.54, 1.807) is 7.11 Å². The van der Waals surface area contributed by atoms with Crippen LogP contribution in [0.15, 0.2) is 18.2 Å². The Labute approximate surface area is 112 Å². The van der Waals surface area contributed by atoms with Crippen molar-refractivity contribution in [1.82, 2.24) is 0 Å². The van der Waals surface area contributed by atoms with Gasteiger partial charge in [-0.1, -0.05) is 6.07 Å². The lowest BCUT2D eigenvalue weighted by Gasteiger charge is -2.16. The van der Waals surface area contributed by atoms with Gasteiger partial charge in [0.25, 0.3) is 0 Å². The Kier molecular flexibility index (Phi) is 4.48. The molecule has 1 saturated carbocycles. The first-order valence-corrected chi connectivity index (χ1v) is 6.58. The van der Waals surface area contributed by atoms with E-state index in [4.69, 9.17) is 21.1 Å². The Balaban J connectivity index is 2.15. The van der Waals surface area contributed by atoms with Gasteiger partial charge in [0.05, 0.1) is 13.2 Å². The highest BCUT2D eigenvalue weighted by Gasteiger charge is 2.18. The zero-order valence-corrected chi connectivity index (χ0v) is 11.2. The molecule has 0 radical (unpaired) electrons. The third kappa shape index (κ3) is 3.39. The van der Waals surface area contributed by atoms with E-state index in [0.29, 0.717) is 11.5 Å². The lowest BCUT2D eigenvalue weighted by atomic mass is 10.1. The second kappa shape index (κ2) is 6.10. The van der Waals surface area contributed by atoms with Crippen molar-refractivity contribution < 1.29 is 14.3 Å². The number of rotatable bonds is 5. The first kappa shape index (κ1) is 13.2. The molecule has 3 nitrogen and oxygen atoms in total. The van der Waals surface area contributed by atoms with Crippen LogP contribution >= 0.6 is 11.6 Å². The molecule has 1 aliphatic carbocycles. The number of methoxy groups -OCH3 is 1. The molecule has 0 atom stereocenters. The average molecular weight is 269 g/mol. The van der Waals surface area contributed by atoms with E-state index < -0.39 is 0 Å². The smallest absolute Gasteiger partial charge is 0.226 e. The first-order valence-electron chi connectivity index (χ1n) is 6.21. The van der Waals surface area contributed by atoms with Gasteiger partial charge in [-0.05, 0) is 55.0 Å². The van der Waals surface area contributed by atoms with Crippen molar-refractivity contribution in [2.24, 2.45) is 0 Å². The fourth-order valence-corrected chi connectivity index (χ4v) is 2.42. The molecule has 4 heteroatoms. The predicted molar refractivity (Wildman–Crippen MR) is 70.4 cm³/mol. The number of hydrogen-bond acceptors (Lipinski definition) is 3. The van der Waals surface area contributed by atoms with Crippen LogP contribution in [0.25, 0.3) is 0 Å². The van der Waals surface area contributed by atoms with Gasteiger partial charge in [-0.2, -0.15) is 0 Å². The van der Waals surface area contributed by atoms with Crippen molar-refractivity contribution in [1.29, 1.82) is 0 Å². The predicted octanol–water partition coefficient (Wildman–Crippen LogP) is 3.32. The van der Waals surface area contributed by atoms with Gasteiger partial charge in [0.1, 0.15) is 0 Å². The van der Waals surface area contributed by atoms with Crippen molar-refractivity contribution in [2.45, 2.75) is 38.2 Å². The Morgan fingerprint density at radius 1 is 1.33 bits per heavy atom. The number of halogens is 1. The summed E-state index contributed by atoms with van der Waals surface area (Å²) in [4.78, 5) is 10.9. The van der Waals surface area contributed by atoms with E-state index in [9.17, 15) is 4.79 Å². The van der Waals surface area contributed by atoms with E-state index >= 15 is 0 Å². The number of carbonyl (C=O) groups is 1. The maximum absolute atomic E-state index is 10.9. The summed E-state index contributed by atoms with van der Waals surface area (Å²) in [5.74, 6) is 1.41. The molecule has 0 amide bonds. The molecule has 0 spiro atoms. The zero-order valence-electron chi connectivity index (χ0n) is 10.4. The molecule has 1 aromatic rings. The monoisotopic (exact) mass is 268 g/mol. The van der Waals surface area contributed by atoms with Gasteiger partial charge in [-0.25, -0.2) is 0 Å². The summed E-state index contributed by atoms with van der Waals surface area (Å²) < 4.78 is 11.2. The fourth-order valence-electron chi connectivity index (χ4n) is 2.27. The van der Waals surface area contributed by atoms with Crippen molar-refractivity contribution >= 4 is 16.8 Å². The number of hydrogen-bond donors (Lipinski definition) is 0.